The lowest BCUT2D eigenvalue weighted by atomic mass is 10.0. The number of hydrogen-bond acceptors (Lipinski definition) is 5. The molecule has 2 heterocycles. The van der Waals surface area contributed by atoms with E-state index in [-0.39, 0.29) is 5.88 Å². The van der Waals surface area contributed by atoms with Crippen LogP contribution in [0.3, 0.4) is 0 Å². The number of rotatable bonds is 4. The van der Waals surface area contributed by atoms with Gasteiger partial charge in [-0.1, -0.05) is 30.3 Å². The fourth-order valence-corrected chi connectivity index (χ4v) is 3.37. The molecule has 0 saturated carbocycles. The highest BCUT2D eigenvalue weighted by atomic mass is 16.5. The van der Waals surface area contributed by atoms with E-state index in [1.165, 1.54) is 12.0 Å². The Morgan fingerprint density at radius 3 is 2.58 bits per heavy atom. The minimum atomic E-state index is -0.483. The Balaban J connectivity index is 1.94. The summed E-state index contributed by atoms with van der Waals surface area (Å²) in [6.45, 7) is 1.91. The molecule has 0 aliphatic rings. The van der Waals surface area contributed by atoms with Gasteiger partial charge in [-0.25, -0.2) is 9.79 Å². The molecule has 0 unspecified atom stereocenters. The van der Waals surface area contributed by atoms with Gasteiger partial charge >= 0.3 is 6.09 Å². The molecule has 0 atom stereocenters. The van der Waals surface area contributed by atoms with Crippen LogP contribution in [0.4, 0.5) is 16.2 Å². The second-order valence-electron chi connectivity index (χ2n) is 7.09. The Morgan fingerprint density at radius 1 is 1.13 bits per heavy atom. The first-order valence-corrected chi connectivity index (χ1v) is 9.71. The van der Waals surface area contributed by atoms with Gasteiger partial charge in [0.25, 0.3) is 0 Å². The molecule has 0 spiro atoms. The van der Waals surface area contributed by atoms with Crippen LogP contribution in [-0.2, 0) is 4.74 Å². The van der Waals surface area contributed by atoms with Gasteiger partial charge in [-0.15, -0.1) is 0 Å². The van der Waals surface area contributed by atoms with Crippen LogP contribution in [0.2, 0.25) is 0 Å². The van der Waals surface area contributed by atoms with E-state index in [4.69, 9.17) is 9.73 Å². The molecule has 4 aromatic rings. The molecule has 2 aromatic carbocycles. The zero-order valence-corrected chi connectivity index (χ0v) is 17.5. The molecule has 0 bridgehead atoms. The molecule has 7 nitrogen and oxygen atoms in total. The predicted molar refractivity (Wildman–Crippen MR) is 121 cm³/mol. The van der Waals surface area contributed by atoms with Crippen molar-refractivity contribution < 1.29 is 14.6 Å². The van der Waals surface area contributed by atoms with E-state index in [9.17, 15) is 9.90 Å². The molecule has 2 N–H and O–H groups in total. The maximum Gasteiger partial charge on any atom is 0.413 e. The molecule has 0 aliphatic heterocycles. The van der Waals surface area contributed by atoms with Crippen LogP contribution in [0, 0.1) is 6.92 Å². The first-order chi connectivity index (χ1) is 15.0. The third kappa shape index (κ3) is 3.98. The maximum atomic E-state index is 12.0. The molecule has 31 heavy (non-hydrogen) atoms. The summed E-state index contributed by atoms with van der Waals surface area (Å²) in [4.78, 5) is 25.5. The fourth-order valence-electron chi connectivity index (χ4n) is 3.37. The highest BCUT2D eigenvalue weighted by molar-refractivity contribution is 6.22. The van der Waals surface area contributed by atoms with Gasteiger partial charge in [0, 0.05) is 34.9 Å². The molecule has 0 aliphatic carbocycles. The van der Waals surface area contributed by atoms with Crippen molar-refractivity contribution >= 4 is 34.1 Å². The lowest BCUT2D eigenvalue weighted by Crippen LogP contribution is -2.25. The second-order valence-corrected chi connectivity index (χ2v) is 7.09. The Hall–Kier alpha value is -4.13. The van der Waals surface area contributed by atoms with E-state index in [1.54, 1.807) is 19.3 Å². The van der Waals surface area contributed by atoms with Crippen LogP contribution in [0.25, 0.3) is 10.9 Å². The van der Waals surface area contributed by atoms with Crippen molar-refractivity contribution in [2.24, 2.45) is 4.99 Å². The van der Waals surface area contributed by atoms with E-state index >= 15 is 0 Å². The van der Waals surface area contributed by atoms with Crippen LogP contribution in [0.15, 0.2) is 71.9 Å². The van der Waals surface area contributed by atoms with Crippen molar-refractivity contribution in [1.82, 2.24) is 9.97 Å². The number of methoxy groups -OCH3 is 1. The number of fused-ring (bicyclic) bond motifs is 1. The van der Waals surface area contributed by atoms with Crippen molar-refractivity contribution in [1.29, 1.82) is 0 Å². The zero-order chi connectivity index (χ0) is 22.0. The number of anilines is 1. The average Bonchev–Trinajstić information content (AvgIpc) is 3.13. The van der Waals surface area contributed by atoms with Crippen molar-refractivity contribution in [3.63, 3.8) is 0 Å². The van der Waals surface area contributed by atoms with Crippen molar-refractivity contribution in [2.45, 2.75) is 6.92 Å². The Labute approximate surface area is 179 Å². The molecular formula is C24H22N4O3. The Kier molecular flexibility index (Phi) is 5.41. The number of nitrogens with zero attached hydrogens (tertiary/aromatic N) is 3. The monoisotopic (exact) mass is 414 g/mol. The third-order valence-corrected chi connectivity index (χ3v) is 5.02. The summed E-state index contributed by atoms with van der Waals surface area (Å²) >= 11 is 0. The van der Waals surface area contributed by atoms with Crippen LogP contribution in [0.1, 0.15) is 16.8 Å². The van der Waals surface area contributed by atoms with E-state index in [1.807, 2.05) is 61.5 Å². The summed E-state index contributed by atoms with van der Waals surface area (Å²) in [6.07, 6.45) is 1.21. The van der Waals surface area contributed by atoms with Gasteiger partial charge in [0.05, 0.1) is 30.3 Å². The van der Waals surface area contributed by atoms with E-state index in [0.29, 0.717) is 22.6 Å². The standard InChI is InChI=1S/C24H22N4O3/c1-15-9-10-17(14-25-15)26-22(16-7-5-4-6-8-16)21-19-13-18(28(2)24(30)31-3)11-12-20(19)27-23(21)29/h4-14,27,29H,1-3H3. The third-order valence-electron chi connectivity index (χ3n) is 5.02. The fraction of sp³-hybridized carbons (Fsp3) is 0.125. The van der Waals surface area contributed by atoms with Crippen molar-refractivity contribution in [3.8, 4) is 5.88 Å². The number of aryl methyl sites for hydroxylation is 1. The first kappa shape index (κ1) is 20.2. The summed E-state index contributed by atoms with van der Waals surface area (Å²) in [5.41, 5.74) is 4.89. The number of pyridine rings is 1. The number of amides is 1. The van der Waals surface area contributed by atoms with Gasteiger partial charge in [-0.2, -0.15) is 0 Å². The van der Waals surface area contributed by atoms with E-state index < -0.39 is 6.09 Å². The minimum Gasteiger partial charge on any atom is -0.494 e. The molecule has 0 radical (unpaired) electrons. The van der Waals surface area contributed by atoms with Crippen molar-refractivity contribution in [2.75, 3.05) is 19.1 Å². The number of carbonyl (C=O) groups excluding carboxylic acids is 1. The molecule has 0 saturated heterocycles. The van der Waals surface area contributed by atoms with E-state index in [2.05, 4.69) is 9.97 Å². The maximum absolute atomic E-state index is 12.0. The lowest BCUT2D eigenvalue weighted by molar-refractivity contribution is 0.180. The predicted octanol–water partition coefficient (Wildman–Crippen LogP) is 4.95. The number of carbonyl (C=O) groups is 1. The summed E-state index contributed by atoms with van der Waals surface area (Å²) < 4.78 is 4.82. The molecule has 1 amide bonds. The number of aliphatic imine (C=N–C) groups is 1. The number of nitrogens with one attached hydrogen (secondary N) is 1. The normalized spacial score (nSPS) is 11.5. The summed E-state index contributed by atoms with van der Waals surface area (Å²) in [5.74, 6) is -0.00412. The summed E-state index contributed by atoms with van der Waals surface area (Å²) in [7, 11) is 2.96. The molecule has 4 rings (SSSR count). The van der Waals surface area contributed by atoms with E-state index in [0.717, 1.165) is 22.2 Å². The molecule has 7 heteroatoms. The summed E-state index contributed by atoms with van der Waals surface area (Å²) in [5, 5.41) is 11.5. The first-order valence-electron chi connectivity index (χ1n) is 9.71. The number of H-pyrrole nitrogens is 1. The van der Waals surface area contributed by atoms with Crippen LogP contribution < -0.4 is 4.90 Å². The zero-order valence-electron chi connectivity index (χ0n) is 17.5. The number of aromatic nitrogens is 2. The second kappa shape index (κ2) is 8.31. The number of aromatic amines is 1. The molecular weight excluding hydrogens is 392 g/mol. The topological polar surface area (TPSA) is 90.8 Å². The molecule has 156 valence electrons. The van der Waals surface area contributed by atoms with Crippen LogP contribution in [0.5, 0.6) is 5.88 Å². The Morgan fingerprint density at radius 2 is 1.90 bits per heavy atom. The van der Waals surface area contributed by atoms with Gasteiger partial charge in [-0.05, 0) is 37.3 Å². The van der Waals surface area contributed by atoms with Gasteiger partial charge in [0.15, 0.2) is 5.88 Å². The number of hydrogen-bond donors (Lipinski definition) is 2. The van der Waals surface area contributed by atoms with Crippen LogP contribution >= 0.6 is 0 Å². The SMILES string of the molecule is COC(=O)N(C)c1ccc2[nH]c(O)c(C(=Nc3ccc(C)nc3)c3ccccc3)c2c1. The van der Waals surface area contributed by atoms with Gasteiger partial charge in [-0.3, -0.25) is 9.88 Å². The highest BCUT2D eigenvalue weighted by Crippen LogP contribution is 2.33. The highest BCUT2D eigenvalue weighted by Gasteiger charge is 2.20. The largest absolute Gasteiger partial charge is 0.494 e. The molecule has 2 aromatic heterocycles. The summed E-state index contributed by atoms with van der Waals surface area (Å²) in [6, 6.07) is 18.8. The smallest absolute Gasteiger partial charge is 0.413 e. The lowest BCUT2D eigenvalue weighted by Gasteiger charge is -2.16. The average molecular weight is 414 g/mol. The Bertz CT molecular complexity index is 1260. The van der Waals surface area contributed by atoms with Crippen molar-refractivity contribution in [3.05, 3.63) is 83.7 Å². The van der Waals surface area contributed by atoms with Gasteiger partial charge in [0.1, 0.15) is 0 Å². The minimum absolute atomic E-state index is 0.00412. The molecule has 0 fully saturated rings. The number of ether oxygens (including phenoxy) is 1. The van der Waals surface area contributed by atoms with Gasteiger partial charge < -0.3 is 14.8 Å². The van der Waals surface area contributed by atoms with Crippen LogP contribution in [-0.4, -0.2) is 41.0 Å². The number of aromatic hydroxyl groups is 1. The quantitative estimate of drug-likeness (QED) is 0.462. The number of benzene rings is 2. The van der Waals surface area contributed by atoms with Gasteiger partial charge in [0.2, 0.25) is 0 Å².